The Hall–Kier alpha value is -2.18. The Balaban J connectivity index is 3.44. The largest absolute Gasteiger partial charge is 0.369 e. The van der Waals surface area contributed by atoms with Crippen molar-refractivity contribution in [2.45, 2.75) is 13.8 Å². The van der Waals surface area contributed by atoms with Crippen LogP contribution in [0.3, 0.4) is 0 Å². The molecule has 0 radical (unpaired) electrons. The second kappa shape index (κ2) is 5.24. The van der Waals surface area contributed by atoms with Crippen LogP contribution in [0.1, 0.15) is 13.8 Å². The lowest BCUT2D eigenvalue weighted by Crippen LogP contribution is -2.23. The topological polar surface area (TPSA) is 89.5 Å². The van der Waals surface area contributed by atoms with Gasteiger partial charge in [0.05, 0.1) is 9.85 Å². The summed E-state index contributed by atoms with van der Waals surface area (Å²) >= 11 is 0. The first-order valence-corrected chi connectivity index (χ1v) is 5.19. The van der Waals surface area contributed by atoms with Crippen LogP contribution in [0.2, 0.25) is 0 Å². The summed E-state index contributed by atoms with van der Waals surface area (Å²) < 4.78 is 0. The molecule has 7 heteroatoms. The first-order valence-electron chi connectivity index (χ1n) is 5.19. The van der Waals surface area contributed by atoms with Gasteiger partial charge in [0.1, 0.15) is 5.69 Å². The molecule has 1 aromatic carbocycles. The van der Waals surface area contributed by atoms with Crippen molar-refractivity contribution in [3.8, 4) is 0 Å². The van der Waals surface area contributed by atoms with E-state index in [1.54, 1.807) is 4.90 Å². The molecular weight excluding hydrogens is 226 g/mol. The van der Waals surface area contributed by atoms with Gasteiger partial charge >= 0.3 is 11.4 Å². The van der Waals surface area contributed by atoms with Crippen molar-refractivity contribution in [3.05, 3.63) is 38.4 Å². The molecule has 0 unspecified atom stereocenters. The Morgan fingerprint density at radius 2 is 1.71 bits per heavy atom. The van der Waals surface area contributed by atoms with E-state index in [2.05, 4.69) is 0 Å². The number of anilines is 1. The van der Waals surface area contributed by atoms with E-state index in [1.165, 1.54) is 12.1 Å². The van der Waals surface area contributed by atoms with Gasteiger partial charge in [-0.1, -0.05) is 6.07 Å². The van der Waals surface area contributed by atoms with Crippen LogP contribution in [0, 0.1) is 20.2 Å². The molecule has 0 aliphatic rings. The van der Waals surface area contributed by atoms with E-state index in [-0.39, 0.29) is 5.69 Å². The van der Waals surface area contributed by atoms with E-state index in [0.717, 1.165) is 6.07 Å². The molecule has 0 N–H and O–H groups in total. The summed E-state index contributed by atoms with van der Waals surface area (Å²) in [6, 6.07) is 4.13. The van der Waals surface area contributed by atoms with Crippen LogP contribution in [-0.4, -0.2) is 22.9 Å². The molecule has 17 heavy (non-hydrogen) atoms. The van der Waals surface area contributed by atoms with Crippen LogP contribution in [0.15, 0.2) is 18.2 Å². The fourth-order valence-corrected chi connectivity index (χ4v) is 1.67. The van der Waals surface area contributed by atoms with Crippen molar-refractivity contribution in [2.24, 2.45) is 0 Å². The third kappa shape index (κ3) is 2.49. The highest BCUT2D eigenvalue weighted by molar-refractivity contribution is 5.72. The van der Waals surface area contributed by atoms with Gasteiger partial charge < -0.3 is 4.90 Å². The number of nitro benzene ring substituents is 2. The van der Waals surface area contributed by atoms with Gasteiger partial charge in [0, 0.05) is 19.2 Å². The monoisotopic (exact) mass is 239 g/mol. The third-order valence-corrected chi connectivity index (χ3v) is 2.48. The van der Waals surface area contributed by atoms with E-state index in [4.69, 9.17) is 0 Å². The molecular formula is C10H13N3O4. The van der Waals surface area contributed by atoms with E-state index < -0.39 is 21.2 Å². The van der Waals surface area contributed by atoms with E-state index in [1.807, 2.05) is 13.8 Å². The average molecular weight is 239 g/mol. The predicted octanol–water partition coefficient (Wildman–Crippen LogP) is 2.35. The molecule has 1 rings (SSSR count). The van der Waals surface area contributed by atoms with Crippen LogP contribution >= 0.6 is 0 Å². The number of nitrogens with zero attached hydrogens (tertiary/aromatic N) is 3. The van der Waals surface area contributed by atoms with Crippen LogP contribution in [0.25, 0.3) is 0 Å². The Labute approximate surface area is 98.0 Å². The standard InChI is InChI=1S/C10H13N3O4/c1-3-11(4-2)8-6-5-7-9(12(14)15)10(8)13(16)17/h5-7H,3-4H2,1-2H3. The maximum Gasteiger partial charge on any atom is 0.369 e. The van der Waals surface area contributed by atoms with Crippen molar-refractivity contribution in [3.63, 3.8) is 0 Å². The molecule has 0 amide bonds. The highest BCUT2D eigenvalue weighted by Crippen LogP contribution is 2.36. The summed E-state index contributed by atoms with van der Waals surface area (Å²) in [4.78, 5) is 22.0. The average Bonchev–Trinajstić information content (AvgIpc) is 2.30. The number of hydrogen-bond donors (Lipinski definition) is 0. The molecule has 0 heterocycles. The van der Waals surface area contributed by atoms with Gasteiger partial charge in [0.2, 0.25) is 0 Å². The molecule has 7 nitrogen and oxygen atoms in total. The normalized spacial score (nSPS) is 10.0. The van der Waals surface area contributed by atoms with Crippen LogP contribution in [-0.2, 0) is 0 Å². The second-order valence-electron chi connectivity index (χ2n) is 3.33. The Morgan fingerprint density at radius 1 is 1.12 bits per heavy atom. The molecule has 0 aliphatic carbocycles. The van der Waals surface area contributed by atoms with Crippen molar-refractivity contribution in [2.75, 3.05) is 18.0 Å². The molecule has 0 saturated carbocycles. The van der Waals surface area contributed by atoms with Gasteiger partial charge in [-0.05, 0) is 19.9 Å². The van der Waals surface area contributed by atoms with Gasteiger partial charge in [-0.2, -0.15) is 0 Å². The van der Waals surface area contributed by atoms with E-state index >= 15 is 0 Å². The molecule has 0 aromatic heterocycles. The molecule has 0 fully saturated rings. The lowest BCUT2D eigenvalue weighted by molar-refractivity contribution is -0.422. The fraction of sp³-hybridized carbons (Fsp3) is 0.400. The summed E-state index contributed by atoms with van der Waals surface area (Å²) in [7, 11) is 0. The fourth-order valence-electron chi connectivity index (χ4n) is 1.67. The maximum absolute atomic E-state index is 11.0. The smallest absolute Gasteiger partial charge is 0.366 e. The van der Waals surface area contributed by atoms with Crippen LogP contribution < -0.4 is 4.90 Å². The zero-order chi connectivity index (χ0) is 13.0. The zero-order valence-electron chi connectivity index (χ0n) is 9.62. The van der Waals surface area contributed by atoms with Crippen molar-refractivity contribution >= 4 is 17.1 Å². The number of hydrogen-bond acceptors (Lipinski definition) is 5. The summed E-state index contributed by atoms with van der Waals surface area (Å²) in [6.07, 6.45) is 0. The maximum atomic E-state index is 11.0. The minimum Gasteiger partial charge on any atom is -0.366 e. The summed E-state index contributed by atoms with van der Waals surface area (Å²) in [5, 5.41) is 21.7. The van der Waals surface area contributed by atoms with Gasteiger partial charge in [-0.3, -0.25) is 20.2 Å². The Morgan fingerprint density at radius 3 is 2.12 bits per heavy atom. The third-order valence-electron chi connectivity index (χ3n) is 2.48. The first-order chi connectivity index (χ1) is 8.02. The molecule has 0 bridgehead atoms. The minimum atomic E-state index is -0.731. The number of para-hydroxylation sites is 1. The highest BCUT2D eigenvalue weighted by atomic mass is 16.6. The quantitative estimate of drug-likeness (QED) is 0.581. The van der Waals surface area contributed by atoms with E-state index in [0.29, 0.717) is 13.1 Å². The number of rotatable bonds is 5. The molecule has 0 atom stereocenters. The lowest BCUT2D eigenvalue weighted by Gasteiger charge is -2.20. The molecule has 1 aromatic rings. The lowest BCUT2D eigenvalue weighted by atomic mass is 10.2. The highest BCUT2D eigenvalue weighted by Gasteiger charge is 2.29. The predicted molar refractivity (Wildman–Crippen MR) is 63.3 cm³/mol. The molecule has 92 valence electrons. The molecule has 0 saturated heterocycles. The van der Waals surface area contributed by atoms with Crippen LogP contribution in [0.4, 0.5) is 17.1 Å². The Kier molecular flexibility index (Phi) is 3.97. The number of benzene rings is 1. The van der Waals surface area contributed by atoms with Gasteiger partial charge in [-0.15, -0.1) is 0 Å². The van der Waals surface area contributed by atoms with Crippen molar-refractivity contribution < 1.29 is 9.85 Å². The Bertz CT molecular complexity index is 443. The van der Waals surface area contributed by atoms with E-state index in [9.17, 15) is 20.2 Å². The van der Waals surface area contributed by atoms with Crippen LogP contribution in [0.5, 0.6) is 0 Å². The summed E-state index contributed by atoms with van der Waals surface area (Å²) in [6.45, 7) is 4.79. The zero-order valence-corrected chi connectivity index (χ0v) is 9.62. The first kappa shape index (κ1) is 12.9. The summed E-state index contributed by atoms with van der Waals surface area (Å²) in [5.41, 5.74) is -0.630. The molecule has 0 aliphatic heterocycles. The van der Waals surface area contributed by atoms with Gasteiger partial charge in [0.15, 0.2) is 0 Å². The number of nitro groups is 2. The second-order valence-corrected chi connectivity index (χ2v) is 3.33. The van der Waals surface area contributed by atoms with Crippen molar-refractivity contribution in [1.29, 1.82) is 0 Å². The SMILES string of the molecule is CCN(CC)c1cccc([N+](=O)[O-])c1[N+](=O)[O-]. The van der Waals surface area contributed by atoms with Gasteiger partial charge in [0.25, 0.3) is 0 Å². The summed E-state index contributed by atoms with van der Waals surface area (Å²) in [5.74, 6) is 0. The molecule has 0 spiro atoms. The minimum absolute atomic E-state index is 0.286. The van der Waals surface area contributed by atoms with Gasteiger partial charge in [-0.25, -0.2) is 0 Å². The van der Waals surface area contributed by atoms with Crippen molar-refractivity contribution in [1.82, 2.24) is 0 Å².